The number of hydrogen-bond donors (Lipinski definition) is 1. The van der Waals surface area contributed by atoms with E-state index in [0.717, 1.165) is 0 Å². The van der Waals surface area contributed by atoms with Crippen LogP contribution in [0.3, 0.4) is 0 Å². The molecular formula is C17H15NO2S. The van der Waals surface area contributed by atoms with E-state index in [2.05, 4.69) is 4.98 Å². The first-order valence-corrected chi connectivity index (χ1v) is 7.37. The Bertz CT molecular complexity index is 622. The van der Waals surface area contributed by atoms with Gasteiger partial charge >= 0.3 is 0 Å². The minimum absolute atomic E-state index is 0.271. The fraction of sp³-hybridized carbons (Fsp3) is 0.0588. The summed E-state index contributed by atoms with van der Waals surface area (Å²) in [5, 5.41) is 11.8. The van der Waals surface area contributed by atoms with Crippen LogP contribution >= 0.6 is 11.3 Å². The Hall–Kier alpha value is -2.30. The lowest BCUT2D eigenvalue weighted by atomic mass is 10.0. The summed E-state index contributed by atoms with van der Waals surface area (Å²) in [5.74, 6) is -0.271. The van der Waals surface area contributed by atoms with Crippen molar-refractivity contribution in [3.8, 4) is 0 Å². The van der Waals surface area contributed by atoms with Crippen LogP contribution in [0, 0.1) is 0 Å². The number of hydrogen-bond acceptors (Lipinski definition) is 4. The van der Waals surface area contributed by atoms with Gasteiger partial charge in [-0.3, -0.25) is 9.78 Å². The highest BCUT2D eigenvalue weighted by molar-refractivity contribution is 7.07. The van der Waals surface area contributed by atoms with Gasteiger partial charge in [0.25, 0.3) is 0 Å². The van der Waals surface area contributed by atoms with Crippen LogP contribution in [0.5, 0.6) is 0 Å². The van der Waals surface area contributed by atoms with E-state index in [4.69, 9.17) is 0 Å². The van der Waals surface area contributed by atoms with E-state index in [1.54, 1.807) is 71.6 Å². The number of benzene rings is 2. The Morgan fingerprint density at radius 3 is 2.10 bits per heavy atom. The lowest BCUT2D eigenvalue weighted by Crippen LogP contribution is -2.11. The first kappa shape index (κ1) is 15.1. The predicted octanol–water partition coefficient (Wildman–Crippen LogP) is 3.75. The molecule has 1 N–H and O–H groups in total. The maximum Gasteiger partial charge on any atom is 0.195 e. The van der Waals surface area contributed by atoms with Gasteiger partial charge in [0, 0.05) is 17.1 Å². The number of rotatable bonds is 3. The zero-order chi connectivity index (χ0) is 14.9. The second kappa shape index (κ2) is 8.09. The van der Waals surface area contributed by atoms with Gasteiger partial charge < -0.3 is 5.11 Å². The molecule has 2 aromatic carbocycles. The summed E-state index contributed by atoms with van der Waals surface area (Å²) in [5.41, 5.74) is 2.94. The Balaban J connectivity index is 0.000000272. The van der Waals surface area contributed by atoms with Crippen molar-refractivity contribution in [3.63, 3.8) is 0 Å². The Kier molecular flexibility index (Phi) is 5.82. The van der Waals surface area contributed by atoms with Crippen molar-refractivity contribution in [2.45, 2.75) is 6.10 Å². The van der Waals surface area contributed by atoms with Crippen molar-refractivity contribution in [3.05, 3.63) is 88.9 Å². The number of aliphatic hydroxyl groups excluding tert-OH is 1. The third-order valence-electron chi connectivity index (χ3n) is 2.77. The number of carbonyl (C=O) groups is 1. The van der Waals surface area contributed by atoms with E-state index in [0.29, 0.717) is 11.1 Å². The van der Waals surface area contributed by atoms with Crippen LogP contribution in [0.1, 0.15) is 22.0 Å². The maximum atomic E-state index is 11.9. The van der Waals surface area contributed by atoms with Crippen molar-refractivity contribution in [2.75, 3.05) is 0 Å². The highest BCUT2D eigenvalue weighted by Gasteiger charge is 2.18. The average molecular weight is 297 g/mol. The molecule has 1 aromatic heterocycles. The Morgan fingerprint density at radius 2 is 1.62 bits per heavy atom. The molecule has 0 radical (unpaired) electrons. The lowest BCUT2D eigenvalue weighted by Gasteiger charge is -2.09. The molecule has 3 aromatic rings. The van der Waals surface area contributed by atoms with Crippen molar-refractivity contribution < 1.29 is 9.90 Å². The van der Waals surface area contributed by atoms with Gasteiger partial charge in [-0.05, 0) is 5.56 Å². The van der Waals surface area contributed by atoms with E-state index in [1.165, 1.54) is 0 Å². The fourth-order valence-electron chi connectivity index (χ4n) is 1.72. The standard InChI is InChI=1S/C14H12O2.C3H3NS/c15-13(11-7-3-1-4-8-11)14(16)12-9-5-2-6-10-12;1-2-5-3-4-1/h1-10,13,15H;1-3H. The van der Waals surface area contributed by atoms with Gasteiger partial charge in [0.15, 0.2) is 5.78 Å². The molecule has 0 aliphatic carbocycles. The highest BCUT2D eigenvalue weighted by Crippen LogP contribution is 2.17. The summed E-state index contributed by atoms with van der Waals surface area (Å²) in [4.78, 5) is 15.6. The van der Waals surface area contributed by atoms with Gasteiger partial charge in [-0.15, -0.1) is 11.3 Å². The van der Waals surface area contributed by atoms with Gasteiger partial charge in [-0.2, -0.15) is 0 Å². The quantitative estimate of drug-likeness (QED) is 0.749. The number of thiazole rings is 1. The summed E-state index contributed by atoms with van der Waals surface area (Å²) in [6, 6.07) is 17.7. The number of carbonyl (C=O) groups excluding carboxylic acids is 1. The second-order valence-corrected chi connectivity index (χ2v) is 4.97. The Morgan fingerprint density at radius 1 is 1.00 bits per heavy atom. The minimum Gasteiger partial charge on any atom is -0.380 e. The van der Waals surface area contributed by atoms with Crippen LogP contribution in [0.15, 0.2) is 77.8 Å². The molecule has 0 aliphatic heterocycles. The zero-order valence-electron chi connectivity index (χ0n) is 11.3. The van der Waals surface area contributed by atoms with Crippen LogP contribution in [-0.2, 0) is 0 Å². The third kappa shape index (κ3) is 4.63. The van der Waals surface area contributed by atoms with Crippen molar-refractivity contribution in [1.82, 2.24) is 4.98 Å². The first-order valence-electron chi connectivity index (χ1n) is 6.43. The summed E-state index contributed by atoms with van der Waals surface area (Å²) < 4.78 is 0. The van der Waals surface area contributed by atoms with Gasteiger partial charge in [0.1, 0.15) is 6.10 Å². The van der Waals surface area contributed by atoms with Crippen LogP contribution < -0.4 is 0 Å². The summed E-state index contributed by atoms with van der Waals surface area (Å²) in [6.07, 6.45) is 0.689. The molecule has 0 bridgehead atoms. The molecule has 3 nitrogen and oxygen atoms in total. The van der Waals surface area contributed by atoms with Crippen LogP contribution in [0.4, 0.5) is 0 Å². The molecule has 0 saturated carbocycles. The van der Waals surface area contributed by atoms with Gasteiger partial charge in [-0.1, -0.05) is 60.7 Å². The number of ketones is 1. The van der Waals surface area contributed by atoms with Gasteiger partial charge in [0.2, 0.25) is 0 Å². The van der Waals surface area contributed by atoms with Gasteiger partial charge in [-0.25, -0.2) is 0 Å². The molecular weight excluding hydrogens is 282 g/mol. The smallest absolute Gasteiger partial charge is 0.195 e. The molecule has 1 unspecified atom stereocenters. The van der Waals surface area contributed by atoms with Gasteiger partial charge in [0.05, 0.1) is 5.51 Å². The topological polar surface area (TPSA) is 50.2 Å². The van der Waals surface area contributed by atoms with E-state index >= 15 is 0 Å². The second-order valence-electron chi connectivity index (χ2n) is 4.22. The summed E-state index contributed by atoms with van der Waals surface area (Å²) >= 11 is 1.60. The molecule has 0 amide bonds. The van der Waals surface area contributed by atoms with Crippen LogP contribution in [-0.4, -0.2) is 15.9 Å². The molecule has 1 heterocycles. The Labute approximate surface area is 127 Å². The SMILES string of the molecule is O=C(c1ccccc1)C(O)c1ccccc1.c1cscn1. The first-order chi connectivity index (χ1) is 10.3. The monoisotopic (exact) mass is 297 g/mol. The average Bonchev–Trinajstić information content (AvgIpc) is 3.15. The molecule has 4 heteroatoms. The number of aromatic nitrogens is 1. The number of nitrogens with zero attached hydrogens (tertiary/aromatic N) is 1. The van der Waals surface area contributed by atoms with Crippen LogP contribution in [0.2, 0.25) is 0 Å². The molecule has 0 spiro atoms. The number of aliphatic hydroxyl groups is 1. The summed E-state index contributed by atoms with van der Waals surface area (Å²) in [7, 11) is 0. The molecule has 0 fully saturated rings. The molecule has 3 rings (SSSR count). The van der Waals surface area contributed by atoms with Crippen molar-refractivity contribution >= 4 is 17.1 Å². The molecule has 0 saturated heterocycles. The fourth-order valence-corrected chi connectivity index (χ4v) is 2.07. The minimum atomic E-state index is -1.08. The van der Waals surface area contributed by atoms with Crippen LogP contribution in [0.25, 0.3) is 0 Å². The highest BCUT2D eigenvalue weighted by atomic mass is 32.1. The molecule has 1 atom stereocenters. The lowest BCUT2D eigenvalue weighted by molar-refractivity contribution is 0.0747. The van der Waals surface area contributed by atoms with Crippen molar-refractivity contribution in [1.29, 1.82) is 0 Å². The number of Topliss-reactive ketones (excluding diaryl/α,β-unsaturated/α-hetero) is 1. The maximum absolute atomic E-state index is 11.9. The normalized spacial score (nSPS) is 11.1. The zero-order valence-corrected chi connectivity index (χ0v) is 12.1. The summed E-state index contributed by atoms with van der Waals surface area (Å²) in [6.45, 7) is 0. The molecule has 0 aliphatic rings. The van der Waals surface area contributed by atoms with Crippen molar-refractivity contribution in [2.24, 2.45) is 0 Å². The predicted molar refractivity (Wildman–Crippen MR) is 84.3 cm³/mol. The van der Waals surface area contributed by atoms with E-state index < -0.39 is 6.10 Å². The molecule has 106 valence electrons. The largest absolute Gasteiger partial charge is 0.380 e. The van der Waals surface area contributed by atoms with E-state index in [9.17, 15) is 9.90 Å². The van der Waals surface area contributed by atoms with E-state index in [1.807, 2.05) is 17.5 Å². The third-order valence-corrected chi connectivity index (χ3v) is 3.29. The molecule has 21 heavy (non-hydrogen) atoms. The van der Waals surface area contributed by atoms with E-state index in [-0.39, 0.29) is 5.78 Å².